The summed E-state index contributed by atoms with van der Waals surface area (Å²) in [6.07, 6.45) is 3.85. The van der Waals surface area contributed by atoms with Crippen molar-refractivity contribution in [3.63, 3.8) is 0 Å². The van der Waals surface area contributed by atoms with Crippen molar-refractivity contribution in [1.29, 1.82) is 0 Å². The smallest absolute Gasteiger partial charge is 0.0221 e. The Hall–Kier alpha value is -0.860. The summed E-state index contributed by atoms with van der Waals surface area (Å²) in [6.45, 7) is 9.07. The van der Waals surface area contributed by atoms with Crippen LogP contribution < -0.4 is 5.32 Å². The van der Waals surface area contributed by atoms with Crippen molar-refractivity contribution in [2.45, 2.75) is 45.7 Å². The number of hydrogen-bond acceptors (Lipinski definition) is 2. The summed E-state index contributed by atoms with van der Waals surface area (Å²) >= 11 is 0. The van der Waals surface area contributed by atoms with E-state index in [2.05, 4.69) is 48.3 Å². The van der Waals surface area contributed by atoms with Gasteiger partial charge >= 0.3 is 0 Å². The molecule has 0 spiro atoms. The number of nitrogens with one attached hydrogen (secondary N) is 1. The number of hydrogen-bond donors (Lipinski definition) is 1. The molecule has 1 atom stereocenters. The van der Waals surface area contributed by atoms with Crippen LogP contribution in [0.3, 0.4) is 0 Å². The van der Waals surface area contributed by atoms with Crippen LogP contribution in [0.2, 0.25) is 0 Å². The lowest BCUT2D eigenvalue weighted by molar-refractivity contribution is 0.260. The molecule has 2 nitrogen and oxygen atoms in total. The first-order chi connectivity index (χ1) is 8.83. The quantitative estimate of drug-likeness (QED) is 0.830. The Bertz CT molecular complexity index is 345. The summed E-state index contributed by atoms with van der Waals surface area (Å²) in [5.41, 5.74) is 2.82. The van der Waals surface area contributed by atoms with Crippen LogP contribution in [0.1, 0.15) is 37.8 Å². The maximum Gasteiger partial charge on any atom is 0.0221 e. The van der Waals surface area contributed by atoms with Crippen LogP contribution in [0.25, 0.3) is 0 Å². The monoisotopic (exact) mass is 246 g/mol. The second kappa shape index (κ2) is 6.91. The maximum atomic E-state index is 3.60. The lowest BCUT2D eigenvalue weighted by Gasteiger charge is -2.23. The second-order valence-electron chi connectivity index (χ2n) is 5.23. The van der Waals surface area contributed by atoms with E-state index in [1.807, 2.05) is 0 Å². The summed E-state index contributed by atoms with van der Waals surface area (Å²) in [4.78, 5) is 2.59. The standard InChI is InChI=1S/C16H26N2/c1-3-14-7-9-15(10-8-14)12-17-13-16-6-5-11-18(16)4-2/h7-10,16-17H,3-6,11-13H2,1-2H3. The first-order valence-corrected chi connectivity index (χ1v) is 7.36. The van der Waals surface area contributed by atoms with E-state index in [0.29, 0.717) is 0 Å². The van der Waals surface area contributed by atoms with Gasteiger partial charge in [-0.3, -0.25) is 4.90 Å². The highest BCUT2D eigenvalue weighted by Gasteiger charge is 2.21. The SMILES string of the molecule is CCc1ccc(CNCC2CCCN2CC)cc1. The fourth-order valence-electron chi connectivity index (χ4n) is 2.82. The zero-order valence-corrected chi connectivity index (χ0v) is 11.8. The van der Waals surface area contributed by atoms with Crippen molar-refractivity contribution < 1.29 is 0 Å². The van der Waals surface area contributed by atoms with Crippen molar-refractivity contribution in [2.75, 3.05) is 19.6 Å². The summed E-state index contributed by atoms with van der Waals surface area (Å²) in [6, 6.07) is 9.73. The molecule has 0 aliphatic carbocycles. The van der Waals surface area contributed by atoms with E-state index < -0.39 is 0 Å². The van der Waals surface area contributed by atoms with Gasteiger partial charge in [0.1, 0.15) is 0 Å². The largest absolute Gasteiger partial charge is 0.311 e. The molecule has 1 aromatic carbocycles. The molecular weight excluding hydrogens is 220 g/mol. The Labute approximate surface area is 111 Å². The number of nitrogens with zero attached hydrogens (tertiary/aromatic N) is 1. The normalized spacial score (nSPS) is 20.4. The summed E-state index contributed by atoms with van der Waals surface area (Å²) in [5.74, 6) is 0. The third-order valence-corrected chi connectivity index (χ3v) is 4.05. The molecule has 1 saturated heterocycles. The first-order valence-electron chi connectivity index (χ1n) is 7.36. The lowest BCUT2D eigenvalue weighted by Crippen LogP contribution is -2.37. The van der Waals surface area contributed by atoms with Crippen LogP contribution in [0.5, 0.6) is 0 Å². The van der Waals surface area contributed by atoms with Gasteiger partial charge in [-0.25, -0.2) is 0 Å². The van der Waals surface area contributed by atoms with Crippen LogP contribution in [-0.4, -0.2) is 30.6 Å². The number of aryl methyl sites for hydroxylation is 1. The zero-order chi connectivity index (χ0) is 12.8. The van der Waals surface area contributed by atoms with Crippen LogP contribution in [0.15, 0.2) is 24.3 Å². The molecule has 18 heavy (non-hydrogen) atoms. The highest BCUT2D eigenvalue weighted by molar-refractivity contribution is 5.22. The van der Waals surface area contributed by atoms with Gasteiger partial charge in [0.15, 0.2) is 0 Å². The predicted octanol–water partition coefficient (Wildman–Crippen LogP) is 2.82. The molecule has 1 fully saturated rings. The van der Waals surface area contributed by atoms with Gasteiger partial charge in [0.25, 0.3) is 0 Å². The van der Waals surface area contributed by atoms with E-state index >= 15 is 0 Å². The Balaban J connectivity index is 1.74. The molecule has 1 aromatic rings. The molecule has 0 radical (unpaired) electrons. The topological polar surface area (TPSA) is 15.3 Å². The lowest BCUT2D eigenvalue weighted by atomic mass is 10.1. The van der Waals surface area contributed by atoms with Crippen molar-refractivity contribution in [1.82, 2.24) is 10.2 Å². The van der Waals surface area contributed by atoms with E-state index in [1.54, 1.807) is 0 Å². The molecule has 1 heterocycles. The molecule has 0 amide bonds. The third-order valence-electron chi connectivity index (χ3n) is 4.05. The number of likely N-dealkylation sites (tertiary alicyclic amines) is 1. The Morgan fingerprint density at radius 1 is 1.17 bits per heavy atom. The number of rotatable bonds is 6. The van der Waals surface area contributed by atoms with Gasteiger partial charge in [0, 0.05) is 19.1 Å². The van der Waals surface area contributed by atoms with Crippen LogP contribution in [-0.2, 0) is 13.0 Å². The van der Waals surface area contributed by atoms with Crippen molar-refractivity contribution in [3.05, 3.63) is 35.4 Å². The summed E-state index contributed by atoms with van der Waals surface area (Å²) in [5, 5.41) is 3.60. The molecule has 1 aliphatic heterocycles. The molecule has 0 aromatic heterocycles. The van der Waals surface area contributed by atoms with Crippen LogP contribution >= 0.6 is 0 Å². The fourth-order valence-corrected chi connectivity index (χ4v) is 2.82. The van der Waals surface area contributed by atoms with Gasteiger partial charge in [0.05, 0.1) is 0 Å². The third kappa shape index (κ3) is 3.56. The molecule has 100 valence electrons. The molecule has 0 bridgehead atoms. The van der Waals surface area contributed by atoms with Gasteiger partial charge in [-0.05, 0) is 43.5 Å². The molecular formula is C16H26N2. The van der Waals surface area contributed by atoms with Gasteiger partial charge in [-0.2, -0.15) is 0 Å². The maximum absolute atomic E-state index is 3.60. The van der Waals surface area contributed by atoms with Gasteiger partial charge in [-0.1, -0.05) is 38.1 Å². The van der Waals surface area contributed by atoms with Crippen molar-refractivity contribution in [3.8, 4) is 0 Å². The molecule has 1 N–H and O–H groups in total. The van der Waals surface area contributed by atoms with Crippen molar-refractivity contribution in [2.24, 2.45) is 0 Å². The Kier molecular flexibility index (Phi) is 5.21. The second-order valence-corrected chi connectivity index (χ2v) is 5.23. The predicted molar refractivity (Wildman–Crippen MR) is 77.8 cm³/mol. The average Bonchev–Trinajstić information content (AvgIpc) is 2.87. The highest BCUT2D eigenvalue weighted by Crippen LogP contribution is 2.15. The van der Waals surface area contributed by atoms with Gasteiger partial charge < -0.3 is 5.32 Å². The molecule has 1 aliphatic rings. The Morgan fingerprint density at radius 2 is 1.89 bits per heavy atom. The summed E-state index contributed by atoms with van der Waals surface area (Å²) in [7, 11) is 0. The fraction of sp³-hybridized carbons (Fsp3) is 0.625. The first kappa shape index (κ1) is 13.6. The minimum atomic E-state index is 0.755. The Morgan fingerprint density at radius 3 is 2.56 bits per heavy atom. The van der Waals surface area contributed by atoms with Crippen LogP contribution in [0.4, 0.5) is 0 Å². The van der Waals surface area contributed by atoms with E-state index in [9.17, 15) is 0 Å². The number of likely N-dealkylation sites (N-methyl/N-ethyl adjacent to an activating group) is 1. The van der Waals surface area contributed by atoms with Crippen molar-refractivity contribution >= 4 is 0 Å². The van der Waals surface area contributed by atoms with Gasteiger partial charge in [0.2, 0.25) is 0 Å². The average molecular weight is 246 g/mol. The van der Waals surface area contributed by atoms with E-state index in [1.165, 1.54) is 37.1 Å². The van der Waals surface area contributed by atoms with Gasteiger partial charge in [-0.15, -0.1) is 0 Å². The molecule has 2 heteroatoms. The number of benzene rings is 1. The molecule has 0 saturated carbocycles. The van der Waals surface area contributed by atoms with E-state index in [-0.39, 0.29) is 0 Å². The molecule has 2 rings (SSSR count). The van der Waals surface area contributed by atoms with Crippen LogP contribution in [0, 0.1) is 0 Å². The minimum Gasteiger partial charge on any atom is -0.311 e. The molecule has 1 unspecified atom stereocenters. The van der Waals surface area contributed by atoms with E-state index in [4.69, 9.17) is 0 Å². The highest BCUT2D eigenvalue weighted by atomic mass is 15.2. The summed E-state index contributed by atoms with van der Waals surface area (Å²) < 4.78 is 0. The zero-order valence-electron chi connectivity index (χ0n) is 11.8. The minimum absolute atomic E-state index is 0.755. The van der Waals surface area contributed by atoms with E-state index in [0.717, 1.165) is 25.6 Å².